The summed E-state index contributed by atoms with van der Waals surface area (Å²) >= 11 is 0. The average molecular weight is 227 g/mol. The van der Waals surface area contributed by atoms with Crippen LogP contribution in [0.1, 0.15) is 58.8 Å². The van der Waals surface area contributed by atoms with E-state index in [0.29, 0.717) is 12.0 Å². The number of aliphatic hydroxyl groups is 1. The van der Waals surface area contributed by atoms with E-state index in [1.54, 1.807) is 0 Å². The summed E-state index contributed by atoms with van der Waals surface area (Å²) in [5.41, 5.74) is 0. The molecule has 1 saturated carbocycles. The summed E-state index contributed by atoms with van der Waals surface area (Å²) in [6, 6.07) is 0.600. The highest BCUT2D eigenvalue weighted by molar-refractivity contribution is 4.76. The van der Waals surface area contributed by atoms with E-state index in [1.807, 2.05) is 0 Å². The molecule has 1 aliphatic carbocycles. The van der Waals surface area contributed by atoms with Crippen molar-refractivity contribution in [3.63, 3.8) is 0 Å². The molecule has 1 N–H and O–H groups in total. The summed E-state index contributed by atoms with van der Waals surface area (Å²) in [4.78, 5) is 2.32. The van der Waals surface area contributed by atoms with Crippen molar-refractivity contribution >= 4 is 0 Å². The van der Waals surface area contributed by atoms with Crippen LogP contribution < -0.4 is 0 Å². The molecule has 96 valence electrons. The monoisotopic (exact) mass is 227 g/mol. The highest BCUT2D eigenvalue weighted by Gasteiger charge is 2.23. The van der Waals surface area contributed by atoms with Gasteiger partial charge < -0.3 is 10.0 Å². The van der Waals surface area contributed by atoms with E-state index >= 15 is 0 Å². The van der Waals surface area contributed by atoms with Gasteiger partial charge in [-0.05, 0) is 39.2 Å². The van der Waals surface area contributed by atoms with E-state index in [9.17, 15) is 5.11 Å². The lowest BCUT2D eigenvalue weighted by Crippen LogP contribution is -2.39. The second-order valence-electron chi connectivity index (χ2n) is 5.54. The third kappa shape index (κ3) is 4.42. The first-order valence-corrected chi connectivity index (χ1v) is 7.03. The standard InChI is InChI=1S/C14H29NO/c1-4-8-12(2)15(3)11-14(16)13-9-6-5-7-10-13/h12-14,16H,4-11H2,1-3H3. The summed E-state index contributed by atoms with van der Waals surface area (Å²) in [6.07, 6.45) is 8.81. The lowest BCUT2D eigenvalue weighted by molar-refractivity contribution is 0.0440. The summed E-state index contributed by atoms with van der Waals surface area (Å²) < 4.78 is 0. The molecule has 2 atom stereocenters. The minimum Gasteiger partial charge on any atom is -0.392 e. The smallest absolute Gasteiger partial charge is 0.0695 e. The van der Waals surface area contributed by atoms with Gasteiger partial charge in [0.05, 0.1) is 6.10 Å². The van der Waals surface area contributed by atoms with Crippen LogP contribution in [0, 0.1) is 5.92 Å². The van der Waals surface area contributed by atoms with E-state index in [4.69, 9.17) is 0 Å². The predicted octanol–water partition coefficient (Wildman–Crippen LogP) is 3.05. The van der Waals surface area contributed by atoms with Crippen LogP contribution in [0.3, 0.4) is 0 Å². The molecule has 0 aromatic heterocycles. The molecular weight excluding hydrogens is 198 g/mol. The molecule has 2 heteroatoms. The number of likely N-dealkylation sites (N-methyl/N-ethyl adjacent to an activating group) is 1. The second-order valence-corrected chi connectivity index (χ2v) is 5.54. The maximum absolute atomic E-state index is 10.2. The maximum atomic E-state index is 10.2. The van der Waals surface area contributed by atoms with Crippen molar-refractivity contribution in [3.05, 3.63) is 0 Å². The summed E-state index contributed by atoms with van der Waals surface area (Å²) in [7, 11) is 2.15. The summed E-state index contributed by atoms with van der Waals surface area (Å²) in [6.45, 7) is 5.34. The zero-order valence-electron chi connectivity index (χ0n) is 11.3. The molecule has 0 amide bonds. The Bertz CT molecular complexity index is 178. The molecule has 1 rings (SSSR count). The second kappa shape index (κ2) is 7.29. The highest BCUT2D eigenvalue weighted by Crippen LogP contribution is 2.27. The van der Waals surface area contributed by atoms with Crippen molar-refractivity contribution in [3.8, 4) is 0 Å². The molecule has 2 nitrogen and oxygen atoms in total. The van der Waals surface area contributed by atoms with Crippen LogP contribution in [-0.4, -0.2) is 35.7 Å². The topological polar surface area (TPSA) is 23.5 Å². The number of aliphatic hydroxyl groups excluding tert-OH is 1. The fraction of sp³-hybridized carbons (Fsp3) is 1.00. The van der Waals surface area contributed by atoms with Crippen molar-refractivity contribution in [2.45, 2.75) is 70.9 Å². The summed E-state index contributed by atoms with van der Waals surface area (Å²) in [5.74, 6) is 0.560. The van der Waals surface area contributed by atoms with Crippen molar-refractivity contribution in [1.82, 2.24) is 4.90 Å². The number of hydrogen-bond donors (Lipinski definition) is 1. The SMILES string of the molecule is CCCC(C)N(C)CC(O)C1CCCCC1. The van der Waals surface area contributed by atoms with Gasteiger partial charge in [-0.2, -0.15) is 0 Å². The van der Waals surface area contributed by atoms with Crippen molar-refractivity contribution in [2.24, 2.45) is 5.92 Å². The molecule has 0 heterocycles. The first-order valence-electron chi connectivity index (χ1n) is 7.03. The van der Waals surface area contributed by atoms with Gasteiger partial charge in [0, 0.05) is 12.6 Å². The zero-order valence-corrected chi connectivity index (χ0v) is 11.3. The Labute approximate surface area is 101 Å². The quantitative estimate of drug-likeness (QED) is 0.754. The Morgan fingerprint density at radius 1 is 1.25 bits per heavy atom. The van der Waals surface area contributed by atoms with E-state index in [-0.39, 0.29) is 6.10 Å². The lowest BCUT2D eigenvalue weighted by Gasteiger charge is -2.32. The normalized spacial score (nSPS) is 22.3. The van der Waals surface area contributed by atoms with Crippen LogP contribution in [0.4, 0.5) is 0 Å². The van der Waals surface area contributed by atoms with Gasteiger partial charge >= 0.3 is 0 Å². The highest BCUT2D eigenvalue weighted by atomic mass is 16.3. The number of hydrogen-bond acceptors (Lipinski definition) is 2. The van der Waals surface area contributed by atoms with Gasteiger partial charge in [-0.15, -0.1) is 0 Å². The van der Waals surface area contributed by atoms with Crippen LogP contribution in [0.5, 0.6) is 0 Å². The van der Waals surface area contributed by atoms with Gasteiger partial charge in [-0.25, -0.2) is 0 Å². The van der Waals surface area contributed by atoms with Gasteiger partial charge in [0.2, 0.25) is 0 Å². The molecule has 0 bridgehead atoms. The van der Waals surface area contributed by atoms with Gasteiger partial charge in [-0.1, -0.05) is 32.6 Å². The average Bonchev–Trinajstić information content (AvgIpc) is 2.30. The van der Waals surface area contributed by atoms with Crippen LogP contribution >= 0.6 is 0 Å². The molecule has 16 heavy (non-hydrogen) atoms. The fourth-order valence-corrected chi connectivity index (χ4v) is 2.78. The largest absolute Gasteiger partial charge is 0.392 e. The van der Waals surface area contributed by atoms with E-state index < -0.39 is 0 Å². The fourth-order valence-electron chi connectivity index (χ4n) is 2.78. The Morgan fingerprint density at radius 2 is 1.88 bits per heavy atom. The molecule has 2 unspecified atom stereocenters. The van der Waals surface area contributed by atoms with Gasteiger partial charge in [-0.3, -0.25) is 0 Å². The van der Waals surface area contributed by atoms with E-state index in [0.717, 1.165) is 6.54 Å². The van der Waals surface area contributed by atoms with Crippen molar-refractivity contribution in [2.75, 3.05) is 13.6 Å². The third-order valence-corrected chi connectivity index (χ3v) is 4.13. The molecule has 0 aromatic rings. The molecule has 0 spiro atoms. The van der Waals surface area contributed by atoms with Gasteiger partial charge in [0.15, 0.2) is 0 Å². The minimum atomic E-state index is -0.107. The first-order chi connectivity index (χ1) is 7.65. The molecule has 0 aromatic carbocycles. The van der Waals surface area contributed by atoms with Crippen LogP contribution in [0.25, 0.3) is 0 Å². The van der Waals surface area contributed by atoms with Crippen LogP contribution in [0.2, 0.25) is 0 Å². The minimum absolute atomic E-state index is 0.107. The zero-order chi connectivity index (χ0) is 12.0. The van der Waals surface area contributed by atoms with E-state index in [1.165, 1.54) is 44.9 Å². The van der Waals surface area contributed by atoms with Crippen molar-refractivity contribution in [1.29, 1.82) is 0 Å². The van der Waals surface area contributed by atoms with Gasteiger partial charge in [0.25, 0.3) is 0 Å². The lowest BCUT2D eigenvalue weighted by atomic mass is 9.85. The molecule has 0 aliphatic heterocycles. The Hall–Kier alpha value is -0.0800. The molecule has 0 saturated heterocycles. The molecule has 1 aliphatic rings. The maximum Gasteiger partial charge on any atom is 0.0695 e. The first kappa shape index (κ1) is 14.0. The van der Waals surface area contributed by atoms with Gasteiger partial charge in [0.1, 0.15) is 0 Å². The Kier molecular flexibility index (Phi) is 6.37. The predicted molar refractivity (Wildman–Crippen MR) is 69.6 cm³/mol. The van der Waals surface area contributed by atoms with Crippen LogP contribution in [0.15, 0.2) is 0 Å². The third-order valence-electron chi connectivity index (χ3n) is 4.13. The number of rotatable bonds is 6. The van der Waals surface area contributed by atoms with Crippen molar-refractivity contribution < 1.29 is 5.11 Å². The Morgan fingerprint density at radius 3 is 2.44 bits per heavy atom. The molecular formula is C14H29NO. The van der Waals surface area contributed by atoms with E-state index in [2.05, 4.69) is 25.8 Å². The Balaban J connectivity index is 2.28. The molecule has 0 radical (unpaired) electrons. The van der Waals surface area contributed by atoms with Crippen LogP contribution in [-0.2, 0) is 0 Å². The summed E-state index contributed by atoms with van der Waals surface area (Å²) in [5, 5.41) is 10.2. The molecule has 1 fully saturated rings. The number of nitrogens with zero attached hydrogens (tertiary/aromatic N) is 1.